The number of urea groups is 1. The molecule has 14 heteroatoms. The highest BCUT2D eigenvalue weighted by molar-refractivity contribution is 6.23. The van der Waals surface area contributed by atoms with Crippen molar-refractivity contribution >= 4 is 23.6 Å². The van der Waals surface area contributed by atoms with Gasteiger partial charge in [-0.25, -0.2) is 19.4 Å². The number of guanidine groups is 1. The largest absolute Gasteiger partial charge is 0.573 e. The molecule has 1 saturated heterocycles. The summed E-state index contributed by atoms with van der Waals surface area (Å²) in [6, 6.07) is 17.4. The van der Waals surface area contributed by atoms with Crippen LogP contribution in [0.2, 0.25) is 0 Å². The zero-order valence-electron chi connectivity index (χ0n) is 23.1. The molecule has 43 heavy (non-hydrogen) atoms. The Bertz CT molecular complexity index is 1650. The lowest BCUT2D eigenvalue weighted by atomic mass is 10.1. The fourth-order valence-corrected chi connectivity index (χ4v) is 4.36. The van der Waals surface area contributed by atoms with E-state index in [1.807, 2.05) is 31.2 Å². The van der Waals surface area contributed by atoms with E-state index >= 15 is 0 Å². The van der Waals surface area contributed by atoms with Crippen molar-refractivity contribution in [3.05, 3.63) is 84.2 Å². The number of nitrogens with one attached hydrogen (secondary N) is 2. The molecule has 3 aromatic carbocycles. The third-order valence-corrected chi connectivity index (χ3v) is 6.44. The summed E-state index contributed by atoms with van der Waals surface area (Å²) in [6.45, 7) is 2.18. The summed E-state index contributed by atoms with van der Waals surface area (Å²) < 4.78 is 47.7. The molecule has 0 atom stereocenters. The average Bonchev–Trinajstić information content (AvgIpc) is 3.60. The molecule has 0 spiro atoms. The number of amides is 3. The van der Waals surface area contributed by atoms with E-state index in [0.29, 0.717) is 35.9 Å². The number of carbonyl (C=O) groups excluding carboxylic acids is 2. The molecule has 0 aliphatic carbocycles. The van der Waals surface area contributed by atoms with Crippen LogP contribution in [-0.2, 0) is 11.2 Å². The molecule has 1 aliphatic rings. The highest BCUT2D eigenvalue weighted by Gasteiger charge is 2.31. The molecular weight excluding hydrogens is 567 g/mol. The van der Waals surface area contributed by atoms with E-state index in [1.165, 1.54) is 40.2 Å². The van der Waals surface area contributed by atoms with Gasteiger partial charge in [0.05, 0.1) is 25.0 Å². The van der Waals surface area contributed by atoms with Crippen LogP contribution in [0, 0.1) is 6.92 Å². The van der Waals surface area contributed by atoms with Crippen LogP contribution in [0.15, 0.2) is 78.0 Å². The van der Waals surface area contributed by atoms with E-state index < -0.39 is 12.4 Å². The molecule has 3 amide bonds. The second-order valence-electron chi connectivity index (χ2n) is 9.40. The number of aryl methyl sites for hydroxylation is 1. The monoisotopic (exact) mass is 593 g/mol. The van der Waals surface area contributed by atoms with Crippen molar-refractivity contribution in [1.29, 1.82) is 0 Å². The van der Waals surface area contributed by atoms with Gasteiger partial charge >= 0.3 is 12.4 Å². The highest BCUT2D eigenvalue weighted by atomic mass is 19.4. The van der Waals surface area contributed by atoms with E-state index in [2.05, 4.69) is 30.4 Å². The fraction of sp³-hybridized carbons (Fsp3) is 0.207. The van der Waals surface area contributed by atoms with Crippen LogP contribution in [0.25, 0.3) is 17.1 Å². The summed E-state index contributed by atoms with van der Waals surface area (Å²) >= 11 is 0. The number of methoxy groups -OCH3 is 1. The van der Waals surface area contributed by atoms with Crippen LogP contribution in [0.4, 0.5) is 23.7 Å². The third kappa shape index (κ3) is 7.09. The Balaban J connectivity index is 1.16. The molecule has 2 heterocycles. The topological polar surface area (TPSA) is 123 Å². The van der Waals surface area contributed by atoms with E-state index in [4.69, 9.17) is 4.74 Å². The van der Waals surface area contributed by atoms with Gasteiger partial charge in [-0.3, -0.25) is 4.79 Å². The number of alkyl halides is 3. The Labute approximate surface area is 244 Å². The number of benzene rings is 3. The number of halogens is 3. The Hall–Kier alpha value is -5.40. The minimum absolute atomic E-state index is 0.0280. The minimum atomic E-state index is -4.76. The summed E-state index contributed by atoms with van der Waals surface area (Å²) in [5, 5.41) is 10.0. The van der Waals surface area contributed by atoms with Crippen molar-refractivity contribution in [3.63, 3.8) is 0 Å². The predicted molar refractivity (Wildman–Crippen MR) is 151 cm³/mol. The van der Waals surface area contributed by atoms with Gasteiger partial charge in [0.15, 0.2) is 5.82 Å². The number of hydrogen-bond donors (Lipinski definition) is 2. The van der Waals surface area contributed by atoms with Gasteiger partial charge in [-0.1, -0.05) is 24.3 Å². The predicted octanol–water partition coefficient (Wildman–Crippen LogP) is 4.39. The first-order chi connectivity index (χ1) is 20.6. The van der Waals surface area contributed by atoms with Gasteiger partial charge in [0.2, 0.25) is 5.96 Å². The molecule has 4 aromatic rings. The molecule has 5 rings (SSSR count). The molecule has 222 valence electrons. The fourth-order valence-electron chi connectivity index (χ4n) is 4.36. The van der Waals surface area contributed by atoms with Gasteiger partial charge in [-0.15, -0.1) is 18.3 Å². The average molecular weight is 594 g/mol. The smallest absolute Gasteiger partial charge is 0.497 e. The Morgan fingerprint density at radius 3 is 2.47 bits per heavy atom. The standard InChI is InChI=1S/C29H26F3N7O4/c1-18-15-23(42-2)11-12-24(18)39-25(40)16-34-27(39)36-28(41)33-14-13-19-3-5-20(6-4-19)26-35-17-38(37-26)21-7-9-22(10-8-21)43-29(30,31)32/h3-12,15,17H,13-14,16H2,1-2H3,(H2,33,34,36,41). The lowest BCUT2D eigenvalue weighted by Crippen LogP contribution is -2.35. The Kier molecular flexibility index (Phi) is 8.27. The van der Waals surface area contributed by atoms with E-state index in [0.717, 1.165) is 16.7 Å². The number of rotatable bonds is 8. The number of carbonyl (C=O) groups is 2. The van der Waals surface area contributed by atoms with Crippen LogP contribution >= 0.6 is 0 Å². The lowest BCUT2D eigenvalue weighted by molar-refractivity contribution is -0.274. The summed E-state index contributed by atoms with van der Waals surface area (Å²) in [4.78, 5) is 34.7. The quantitative estimate of drug-likeness (QED) is 0.311. The maximum absolute atomic E-state index is 12.5. The second-order valence-corrected chi connectivity index (χ2v) is 9.40. The zero-order valence-corrected chi connectivity index (χ0v) is 23.1. The minimum Gasteiger partial charge on any atom is -0.497 e. The van der Waals surface area contributed by atoms with Crippen LogP contribution in [0.5, 0.6) is 11.5 Å². The molecule has 11 nitrogen and oxygen atoms in total. The van der Waals surface area contributed by atoms with Crippen LogP contribution in [-0.4, -0.2) is 59.2 Å². The number of nitrogens with zero attached hydrogens (tertiary/aromatic N) is 5. The van der Waals surface area contributed by atoms with E-state index in [-0.39, 0.29) is 24.2 Å². The molecule has 0 bridgehead atoms. The highest BCUT2D eigenvalue weighted by Crippen LogP contribution is 2.27. The number of aliphatic imine (C=N–C) groups is 1. The van der Waals surface area contributed by atoms with Gasteiger partial charge in [-0.05, 0) is 66.9 Å². The van der Waals surface area contributed by atoms with Gasteiger partial charge < -0.3 is 20.1 Å². The molecule has 2 N–H and O–H groups in total. The SMILES string of the molecule is COc1ccc(N2C(=O)CN/C2=N\C(=O)NCCc2ccc(-c3ncn(-c4ccc(OC(F)(F)F)cc4)n3)cc2)c(C)c1. The summed E-state index contributed by atoms with van der Waals surface area (Å²) in [5.41, 5.74) is 3.60. The first-order valence-corrected chi connectivity index (χ1v) is 13.0. The van der Waals surface area contributed by atoms with Crippen molar-refractivity contribution < 1.29 is 32.2 Å². The van der Waals surface area contributed by atoms with Gasteiger partial charge in [0.25, 0.3) is 5.91 Å². The molecule has 1 aromatic heterocycles. The summed E-state index contributed by atoms with van der Waals surface area (Å²) in [5.74, 6) is 0.682. The lowest BCUT2D eigenvalue weighted by Gasteiger charge is -2.18. The summed E-state index contributed by atoms with van der Waals surface area (Å²) in [7, 11) is 1.56. The first kappa shape index (κ1) is 29.1. The van der Waals surface area contributed by atoms with Gasteiger partial charge in [0.1, 0.15) is 17.8 Å². The number of aromatic nitrogens is 3. The summed E-state index contributed by atoms with van der Waals surface area (Å²) in [6.07, 6.45) is -2.77. The van der Waals surface area contributed by atoms with Crippen molar-refractivity contribution in [3.8, 4) is 28.6 Å². The second kappa shape index (κ2) is 12.2. The third-order valence-electron chi connectivity index (χ3n) is 6.44. The number of ether oxygens (including phenoxy) is 2. The first-order valence-electron chi connectivity index (χ1n) is 13.0. The molecular formula is C29H26F3N7O4. The normalized spacial score (nSPS) is 14.1. The van der Waals surface area contributed by atoms with Crippen molar-refractivity contribution in [1.82, 2.24) is 25.4 Å². The van der Waals surface area contributed by atoms with Crippen LogP contribution in [0.3, 0.4) is 0 Å². The number of hydrogen-bond acceptors (Lipinski definition) is 6. The van der Waals surface area contributed by atoms with E-state index in [1.54, 1.807) is 25.3 Å². The molecule has 0 unspecified atom stereocenters. The maximum Gasteiger partial charge on any atom is 0.573 e. The Morgan fingerprint density at radius 2 is 1.79 bits per heavy atom. The molecule has 0 saturated carbocycles. The number of anilines is 1. The maximum atomic E-state index is 12.5. The van der Waals surface area contributed by atoms with Crippen LogP contribution < -0.4 is 25.0 Å². The Morgan fingerprint density at radius 1 is 1.07 bits per heavy atom. The van der Waals surface area contributed by atoms with Crippen molar-refractivity contribution in [2.75, 3.05) is 25.1 Å². The van der Waals surface area contributed by atoms with Gasteiger partial charge in [-0.2, -0.15) is 4.99 Å². The molecule has 1 aliphatic heterocycles. The van der Waals surface area contributed by atoms with Gasteiger partial charge in [0, 0.05) is 12.1 Å². The zero-order chi connectivity index (χ0) is 30.6. The molecule has 0 radical (unpaired) electrons. The molecule has 1 fully saturated rings. The van der Waals surface area contributed by atoms with E-state index in [9.17, 15) is 22.8 Å². The van der Waals surface area contributed by atoms with Crippen LogP contribution in [0.1, 0.15) is 11.1 Å². The van der Waals surface area contributed by atoms with Crippen molar-refractivity contribution in [2.45, 2.75) is 19.7 Å². The van der Waals surface area contributed by atoms with Crippen molar-refractivity contribution in [2.24, 2.45) is 4.99 Å².